The van der Waals surface area contributed by atoms with Crippen molar-refractivity contribution < 1.29 is 14.9 Å². The Morgan fingerprint density at radius 2 is 2.05 bits per heavy atom. The predicted molar refractivity (Wildman–Crippen MR) is 68.8 cm³/mol. The third-order valence-electron chi connectivity index (χ3n) is 2.58. The average Bonchev–Trinajstić information content (AvgIpc) is 2.80. The molecule has 1 aromatic heterocycles. The number of rotatable bonds is 6. The lowest BCUT2D eigenvalue weighted by molar-refractivity contribution is 0.246. The van der Waals surface area contributed by atoms with E-state index in [1.165, 1.54) is 4.68 Å². The first-order valence-corrected chi connectivity index (χ1v) is 6.14. The van der Waals surface area contributed by atoms with E-state index < -0.39 is 0 Å². The van der Waals surface area contributed by atoms with Gasteiger partial charge >= 0.3 is 0 Å². The van der Waals surface area contributed by atoms with E-state index in [0.717, 1.165) is 0 Å². The van der Waals surface area contributed by atoms with Gasteiger partial charge in [-0.05, 0) is 12.1 Å². The van der Waals surface area contributed by atoms with E-state index in [9.17, 15) is 5.11 Å². The van der Waals surface area contributed by atoms with Crippen LogP contribution in [0.15, 0.2) is 24.3 Å². The van der Waals surface area contributed by atoms with Gasteiger partial charge in [-0.25, -0.2) is 4.68 Å². The van der Waals surface area contributed by atoms with Crippen LogP contribution in [0.4, 0.5) is 0 Å². The maximum absolute atomic E-state index is 9.19. The number of nitrogens with zero attached hydrogens (tertiary/aromatic N) is 3. The van der Waals surface area contributed by atoms with E-state index in [-0.39, 0.29) is 19.8 Å². The molecule has 0 spiro atoms. The number of halogens is 1. The number of hydrogen-bond donors (Lipinski definition) is 2. The van der Waals surface area contributed by atoms with Gasteiger partial charge in [0.25, 0.3) is 0 Å². The summed E-state index contributed by atoms with van der Waals surface area (Å²) in [5, 5.41) is 26.3. The first-order chi connectivity index (χ1) is 9.26. The molecule has 0 atom stereocenters. The molecule has 0 fully saturated rings. The molecule has 0 aliphatic heterocycles. The molecule has 102 valence electrons. The average molecular weight is 284 g/mol. The van der Waals surface area contributed by atoms with Gasteiger partial charge in [0.2, 0.25) is 0 Å². The Kier molecular flexibility index (Phi) is 4.73. The van der Waals surface area contributed by atoms with Crippen molar-refractivity contribution in [2.45, 2.75) is 19.8 Å². The Bertz CT molecular complexity index is 545. The lowest BCUT2D eigenvalue weighted by Gasteiger charge is -2.09. The van der Waals surface area contributed by atoms with Gasteiger partial charge in [-0.3, -0.25) is 0 Å². The first kappa shape index (κ1) is 13.8. The molecule has 1 heterocycles. The summed E-state index contributed by atoms with van der Waals surface area (Å²) in [6.45, 7) is 0.181. The van der Waals surface area contributed by atoms with Gasteiger partial charge in [0.05, 0.1) is 24.8 Å². The second kappa shape index (κ2) is 6.51. The highest BCUT2D eigenvalue weighted by Gasteiger charge is 2.13. The highest BCUT2D eigenvalue weighted by Crippen LogP contribution is 2.24. The van der Waals surface area contributed by atoms with Crippen LogP contribution < -0.4 is 4.74 Å². The Balaban J connectivity index is 2.14. The maximum Gasteiger partial charge on any atom is 0.138 e. The van der Waals surface area contributed by atoms with Crippen LogP contribution in [-0.4, -0.2) is 31.8 Å². The lowest BCUT2D eigenvalue weighted by Crippen LogP contribution is -2.11. The smallest absolute Gasteiger partial charge is 0.138 e. The number of aliphatic hydroxyl groups is 2. The molecule has 0 saturated carbocycles. The minimum atomic E-state index is -0.230. The molecule has 0 aliphatic rings. The Morgan fingerprint density at radius 3 is 2.74 bits per heavy atom. The van der Waals surface area contributed by atoms with Crippen LogP contribution in [0.1, 0.15) is 11.4 Å². The van der Waals surface area contributed by atoms with Gasteiger partial charge in [0.15, 0.2) is 0 Å². The van der Waals surface area contributed by atoms with Crippen molar-refractivity contribution in [3.05, 3.63) is 40.7 Å². The van der Waals surface area contributed by atoms with Crippen molar-refractivity contribution in [3.63, 3.8) is 0 Å². The van der Waals surface area contributed by atoms with E-state index in [1.807, 2.05) is 12.1 Å². The van der Waals surface area contributed by atoms with Crippen LogP contribution in [0.5, 0.6) is 5.75 Å². The van der Waals surface area contributed by atoms with E-state index in [4.69, 9.17) is 21.4 Å². The lowest BCUT2D eigenvalue weighted by atomic mass is 10.3. The Labute approximate surface area is 115 Å². The SMILES string of the molecule is OCCn1nnc(CO)c1COc1ccccc1Cl. The van der Waals surface area contributed by atoms with Crippen molar-refractivity contribution in [2.75, 3.05) is 6.61 Å². The summed E-state index contributed by atoms with van der Waals surface area (Å²) in [5.74, 6) is 0.546. The van der Waals surface area contributed by atoms with Gasteiger partial charge in [-0.15, -0.1) is 5.10 Å². The molecule has 6 nitrogen and oxygen atoms in total. The van der Waals surface area contributed by atoms with E-state index >= 15 is 0 Å². The van der Waals surface area contributed by atoms with E-state index in [2.05, 4.69) is 10.3 Å². The summed E-state index contributed by atoms with van der Waals surface area (Å²) in [6, 6.07) is 7.11. The molecule has 1 aromatic carbocycles. The molecule has 2 rings (SSSR count). The Morgan fingerprint density at radius 1 is 1.26 bits per heavy atom. The van der Waals surface area contributed by atoms with Crippen LogP contribution in [-0.2, 0) is 19.8 Å². The van der Waals surface area contributed by atoms with Crippen molar-refractivity contribution in [2.24, 2.45) is 0 Å². The molecule has 0 aliphatic carbocycles. The zero-order valence-electron chi connectivity index (χ0n) is 10.2. The zero-order chi connectivity index (χ0) is 13.7. The van der Waals surface area contributed by atoms with Gasteiger partial charge in [-0.2, -0.15) is 0 Å². The molecule has 0 saturated heterocycles. The highest BCUT2D eigenvalue weighted by molar-refractivity contribution is 6.32. The molecule has 7 heteroatoms. The fourth-order valence-corrected chi connectivity index (χ4v) is 1.82. The van der Waals surface area contributed by atoms with Gasteiger partial charge in [0.1, 0.15) is 23.7 Å². The molecule has 0 unspecified atom stereocenters. The van der Waals surface area contributed by atoms with Gasteiger partial charge in [0, 0.05) is 0 Å². The van der Waals surface area contributed by atoms with Gasteiger partial charge < -0.3 is 14.9 Å². The van der Waals surface area contributed by atoms with Crippen molar-refractivity contribution in [3.8, 4) is 5.75 Å². The maximum atomic E-state index is 9.19. The number of hydrogen-bond acceptors (Lipinski definition) is 5. The Hall–Kier alpha value is -1.63. The number of para-hydroxylation sites is 1. The number of ether oxygens (including phenoxy) is 1. The van der Waals surface area contributed by atoms with Crippen LogP contribution >= 0.6 is 11.6 Å². The molecular formula is C12H14ClN3O3. The fraction of sp³-hybridized carbons (Fsp3) is 0.333. The van der Waals surface area contributed by atoms with E-state index in [1.54, 1.807) is 12.1 Å². The molecule has 0 amide bonds. The summed E-state index contributed by atoms with van der Waals surface area (Å²) >= 11 is 5.99. The van der Waals surface area contributed by atoms with Gasteiger partial charge in [-0.1, -0.05) is 28.9 Å². The predicted octanol–water partition coefficient (Wildman–Crippen LogP) is 0.995. The summed E-state index contributed by atoms with van der Waals surface area (Å²) in [4.78, 5) is 0. The molecule has 19 heavy (non-hydrogen) atoms. The van der Waals surface area contributed by atoms with Crippen molar-refractivity contribution >= 4 is 11.6 Å². The summed E-state index contributed by atoms with van der Waals surface area (Å²) < 4.78 is 7.09. The molecular weight excluding hydrogens is 270 g/mol. The normalized spacial score (nSPS) is 10.7. The second-order valence-electron chi connectivity index (χ2n) is 3.81. The minimum Gasteiger partial charge on any atom is -0.486 e. The summed E-state index contributed by atoms with van der Waals surface area (Å²) in [6.07, 6.45) is 0. The zero-order valence-corrected chi connectivity index (χ0v) is 10.9. The van der Waals surface area contributed by atoms with Crippen LogP contribution in [0.25, 0.3) is 0 Å². The highest BCUT2D eigenvalue weighted by atomic mass is 35.5. The summed E-state index contributed by atoms with van der Waals surface area (Å²) in [5.41, 5.74) is 1.05. The third-order valence-corrected chi connectivity index (χ3v) is 2.89. The van der Waals surface area contributed by atoms with E-state index in [0.29, 0.717) is 28.7 Å². The standard InChI is InChI=1S/C12H14ClN3O3/c13-9-3-1-2-4-12(9)19-8-11-10(7-18)14-15-16(11)5-6-17/h1-4,17-18H,5-8H2. The largest absolute Gasteiger partial charge is 0.486 e. The molecule has 0 radical (unpaired) electrons. The second-order valence-corrected chi connectivity index (χ2v) is 4.21. The van der Waals surface area contributed by atoms with Crippen molar-refractivity contribution in [1.82, 2.24) is 15.0 Å². The molecule has 2 N–H and O–H groups in total. The first-order valence-electron chi connectivity index (χ1n) is 5.76. The topological polar surface area (TPSA) is 80.4 Å². The quantitative estimate of drug-likeness (QED) is 0.826. The number of aromatic nitrogens is 3. The number of benzene rings is 1. The fourth-order valence-electron chi connectivity index (χ4n) is 1.63. The monoisotopic (exact) mass is 283 g/mol. The molecule has 0 bridgehead atoms. The van der Waals surface area contributed by atoms with Crippen LogP contribution in [0, 0.1) is 0 Å². The minimum absolute atomic E-state index is 0.0622. The van der Waals surface area contributed by atoms with Crippen LogP contribution in [0.2, 0.25) is 5.02 Å². The summed E-state index contributed by atoms with van der Waals surface area (Å²) in [7, 11) is 0. The van der Waals surface area contributed by atoms with Crippen molar-refractivity contribution in [1.29, 1.82) is 0 Å². The third kappa shape index (κ3) is 3.23. The number of aliphatic hydroxyl groups excluding tert-OH is 2. The molecule has 2 aromatic rings. The van der Waals surface area contributed by atoms with Crippen LogP contribution in [0.3, 0.4) is 0 Å².